The fourth-order valence-corrected chi connectivity index (χ4v) is 3.86. The van der Waals surface area contributed by atoms with Gasteiger partial charge in [0.15, 0.2) is 15.9 Å². The molecule has 0 saturated heterocycles. The van der Waals surface area contributed by atoms with Crippen molar-refractivity contribution in [3.05, 3.63) is 35.9 Å². The molecule has 1 rings (SSSR count). The van der Waals surface area contributed by atoms with Crippen molar-refractivity contribution in [1.82, 2.24) is 36.4 Å². The maximum absolute atomic E-state index is 11.3. The van der Waals surface area contributed by atoms with Gasteiger partial charge in [0.05, 0.1) is 25.2 Å². The van der Waals surface area contributed by atoms with Crippen molar-refractivity contribution in [3.8, 4) is 0 Å². The van der Waals surface area contributed by atoms with E-state index in [9.17, 15) is 28.8 Å². The molecule has 0 heterocycles. The van der Waals surface area contributed by atoms with Gasteiger partial charge < -0.3 is 50.6 Å². The van der Waals surface area contributed by atoms with Crippen LogP contribution in [0.5, 0.6) is 0 Å². The van der Waals surface area contributed by atoms with Gasteiger partial charge in [-0.2, -0.15) is 0 Å². The van der Waals surface area contributed by atoms with Crippen LogP contribution in [-0.2, 0) is 33.4 Å². The zero-order chi connectivity index (χ0) is 62.7. The average Bonchev–Trinajstić information content (AvgIpc) is 3.30. The molecule has 0 unspecified atom stereocenters. The van der Waals surface area contributed by atoms with E-state index in [2.05, 4.69) is 81.1 Å². The van der Waals surface area contributed by atoms with Gasteiger partial charge in [0, 0.05) is 90.5 Å². The van der Waals surface area contributed by atoms with Crippen LogP contribution in [0.4, 0.5) is 4.79 Å². The number of ether oxygens (including phenoxy) is 3. The molecule has 0 aliphatic heterocycles. The van der Waals surface area contributed by atoms with Crippen LogP contribution in [0.3, 0.4) is 0 Å². The fourth-order valence-electron chi connectivity index (χ4n) is 3.43. The monoisotopic (exact) mass is 1110 g/mol. The van der Waals surface area contributed by atoms with E-state index >= 15 is 0 Å². The number of benzene rings is 1. The molecule has 0 fully saturated rings. The van der Waals surface area contributed by atoms with Gasteiger partial charge in [-0.25, -0.2) is 4.79 Å². The zero-order valence-electron chi connectivity index (χ0n) is 54.5. The highest BCUT2D eigenvalue weighted by Gasteiger charge is 2.09. The second-order valence-corrected chi connectivity index (χ2v) is 18.9. The predicted molar refractivity (Wildman–Crippen MR) is 332 cm³/mol. The Labute approximate surface area is 473 Å². The maximum atomic E-state index is 11.3. The first kappa shape index (κ1) is 96.3. The van der Waals surface area contributed by atoms with Gasteiger partial charge in [0.1, 0.15) is 0 Å². The minimum atomic E-state index is -0.213. The number of thiocarbonyl (C=S) groups is 2. The Balaban J connectivity index is -0.0000000677. The van der Waals surface area contributed by atoms with Crippen LogP contribution < -0.4 is 26.6 Å². The first-order valence-corrected chi connectivity index (χ1v) is 27.2. The third kappa shape index (κ3) is 111. The number of nitrogens with one attached hydrogen (secondary N) is 5. The van der Waals surface area contributed by atoms with Gasteiger partial charge in [-0.05, 0) is 122 Å². The third-order valence-electron chi connectivity index (χ3n) is 6.81. The number of carbonyl (C=O) groups excluding carboxylic acids is 6. The summed E-state index contributed by atoms with van der Waals surface area (Å²) in [5, 5.41) is 14.9. The number of urea groups is 1. The lowest BCUT2D eigenvalue weighted by atomic mass is 10.0. The topological polar surface area (TPSA) is 197 Å². The van der Waals surface area contributed by atoms with E-state index in [0.29, 0.717) is 22.2 Å². The lowest BCUT2D eigenvalue weighted by molar-refractivity contribution is -0.145. The highest BCUT2D eigenvalue weighted by Crippen LogP contribution is 2.06. The molecule has 1 aromatic rings. The number of hydrogen-bond acceptors (Lipinski definition) is 12. The summed E-state index contributed by atoms with van der Waals surface area (Å²) < 4.78 is 14.0. The van der Waals surface area contributed by atoms with E-state index in [1.165, 1.54) is 21.0 Å². The molecule has 16 nitrogen and oxygen atoms in total. The minimum absolute atomic E-state index is 0.00463. The fraction of sp³-hybridized carbons (Fsp3) is 0.754. The normalized spacial score (nSPS) is 8.96. The molecule has 0 spiro atoms. The first-order valence-electron chi connectivity index (χ1n) is 26.4. The van der Waals surface area contributed by atoms with Gasteiger partial charge in [-0.1, -0.05) is 113 Å². The maximum Gasteiger partial charge on any atom is 0.314 e. The number of esters is 2. The Kier molecular flexibility index (Phi) is 89.3. The van der Waals surface area contributed by atoms with Crippen molar-refractivity contribution < 1.29 is 43.0 Å². The Morgan fingerprint density at radius 1 is 0.520 bits per heavy atom. The summed E-state index contributed by atoms with van der Waals surface area (Å²) in [5.74, 6) is 0.299. The number of methoxy groups -OCH3 is 1. The molecule has 0 bridgehead atoms. The first-order chi connectivity index (χ1) is 34.3. The predicted octanol–water partition coefficient (Wildman–Crippen LogP) is 12.2. The summed E-state index contributed by atoms with van der Waals surface area (Å²) in [6.07, 6.45) is 0.259. The third-order valence-corrected chi connectivity index (χ3v) is 7.23. The molecule has 450 valence electrons. The molecule has 4 amide bonds. The van der Waals surface area contributed by atoms with E-state index in [1.807, 2.05) is 169 Å². The van der Waals surface area contributed by atoms with E-state index < -0.39 is 0 Å². The van der Waals surface area contributed by atoms with Crippen LogP contribution in [0.15, 0.2) is 30.3 Å². The minimum Gasteiger partial charge on any atom is -0.485 e. The zero-order valence-corrected chi connectivity index (χ0v) is 56.1. The van der Waals surface area contributed by atoms with Crippen molar-refractivity contribution in [3.63, 3.8) is 0 Å². The van der Waals surface area contributed by atoms with Gasteiger partial charge >= 0.3 is 18.0 Å². The molecule has 0 saturated carbocycles. The van der Waals surface area contributed by atoms with Gasteiger partial charge in [0.25, 0.3) is 0 Å². The molecule has 5 N–H and O–H groups in total. The highest BCUT2D eigenvalue weighted by atomic mass is 32.1. The summed E-state index contributed by atoms with van der Waals surface area (Å²) in [4.78, 5) is 66.7. The molecule has 18 heteroatoms. The Morgan fingerprint density at radius 2 is 0.880 bits per heavy atom. The lowest BCUT2D eigenvalue weighted by Crippen LogP contribution is -2.37. The van der Waals surface area contributed by atoms with Gasteiger partial charge in [-0.3, -0.25) is 24.0 Å². The van der Waals surface area contributed by atoms with Crippen LogP contribution in [0.25, 0.3) is 0 Å². The summed E-state index contributed by atoms with van der Waals surface area (Å²) in [6.45, 7) is 51.6. The molecule has 75 heavy (non-hydrogen) atoms. The van der Waals surface area contributed by atoms with Gasteiger partial charge in [-0.15, -0.1) is 0 Å². The average molecular weight is 1110 g/mol. The molecular formula is C57H121N7O9S2. The van der Waals surface area contributed by atoms with Gasteiger partial charge in [0.2, 0.25) is 11.8 Å². The number of rotatable bonds is 10. The molecule has 0 aromatic heterocycles. The second-order valence-electron chi connectivity index (χ2n) is 17.9. The standard InChI is InChI=1S/C10H12O.C6H13NO.C5H12N2O.C5H12N2S.C5H11NO.C5H13N.2C5H10O2.C5H10OS.3C2H6/c1-8(2)10(11)9-6-4-3-5-7-9;1-5(2)6(8)7(3)4;2*1-4(2)7-5(8)6-3;1-4(2)6-5(3)7;1-5(2)6(3)4;1-4(2)5(6)7-3;1-4(2)7-5(3)6;1-4(2)6-5(3)7;3*1-2/h3-8H,1-2H3;5H,1-4H3;2*4H,1-3H3,(H2,6,7,8);4H,1-3H3,(H,6,7);5H,1-4H3;3*4H,1-3H3;3*1-2H3. The lowest BCUT2D eigenvalue weighted by Gasteiger charge is -2.12. The van der Waals surface area contributed by atoms with Crippen LogP contribution in [0.1, 0.15) is 197 Å². The quantitative estimate of drug-likeness (QED) is 0.0843. The number of carbonyl (C=O) groups is 6. The molecular weight excluding hydrogens is 991 g/mol. The molecule has 0 aliphatic rings. The Hall–Kier alpha value is -4.42. The summed E-state index contributed by atoms with van der Waals surface area (Å²) in [5.41, 5.74) is 0.808. The van der Waals surface area contributed by atoms with Crippen LogP contribution in [0.2, 0.25) is 0 Å². The van der Waals surface area contributed by atoms with E-state index in [-0.39, 0.29) is 77.6 Å². The van der Waals surface area contributed by atoms with E-state index in [0.717, 1.165) is 5.56 Å². The Morgan fingerprint density at radius 3 is 0.973 bits per heavy atom. The van der Waals surface area contributed by atoms with E-state index in [1.54, 1.807) is 53.9 Å². The van der Waals surface area contributed by atoms with Crippen LogP contribution in [0, 0.1) is 17.8 Å². The summed E-state index contributed by atoms with van der Waals surface area (Å²) in [6, 6.07) is 10.9. The van der Waals surface area contributed by atoms with Crippen LogP contribution >= 0.6 is 24.4 Å². The Bertz CT molecular complexity index is 1370. The van der Waals surface area contributed by atoms with Crippen molar-refractivity contribution in [2.75, 3.05) is 49.4 Å². The van der Waals surface area contributed by atoms with Crippen molar-refractivity contribution in [1.29, 1.82) is 0 Å². The molecule has 0 radical (unpaired) electrons. The number of nitrogens with zero attached hydrogens (tertiary/aromatic N) is 2. The number of hydrogen-bond donors (Lipinski definition) is 5. The SMILES string of the molecule is CC.CC.CC.CC(=O)NC(C)C.CC(=O)OC(C)C.CC(=S)OC(C)C.CC(C)C(=O)N(C)C.CC(C)C(=O)c1ccccc1.CC(C)N(C)C.CNC(=O)NC(C)C.CNC(=S)NC(C)C.COC(=O)C(C)C. The smallest absolute Gasteiger partial charge is 0.314 e. The van der Waals surface area contributed by atoms with Crippen LogP contribution in [-0.4, -0.2) is 141 Å². The number of Topliss-reactive ketones (excluding diaryl/α,β-unsaturated/α-hetero) is 1. The molecule has 0 aliphatic carbocycles. The van der Waals surface area contributed by atoms with E-state index in [4.69, 9.17) is 17.0 Å². The van der Waals surface area contributed by atoms with Crippen molar-refractivity contribution >= 4 is 70.2 Å². The molecule has 1 aromatic carbocycles. The van der Waals surface area contributed by atoms with Crippen molar-refractivity contribution in [2.24, 2.45) is 17.8 Å². The molecule has 0 atom stereocenters. The number of ketones is 1. The highest BCUT2D eigenvalue weighted by molar-refractivity contribution is 7.80. The van der Waals surface area contributed by atoms with Crippen molar-refractivity contribution in [2.45, 2.75) is 223 Å². The second kappa shape index (κ2) is 69.6. The summed E-state index contributed by atoms with van der Waals surface area (Å²) >= 11 is 9.46. The largest absolute Gasteiger partial charge is 0.485 e. The number of amides is 4. The summed E-state index contributed by atoms with van der Waals surface area (Å²) in [7, 11) is 12.5.